The maximum Gasteiger partial charge on any atom is 0.163 e. The summed E-state index contributed by atoms with van der Waals surface area (Å²) in [5.41, 5.74) is 4.07. The Morgan fingerprint density at radius 2 is 2.22 bits per heavy atom. The number of ketones is 1. The Labute approximate surface area is 105 Å². The van der Waals surface area contributed by atoms with E-state index in [1.54, 1.807) is 6.07 Å². The molecule has 3 heteroatoms. The summed E-state index contributed by atoms with van der Waals surface area (Å²) in [5, 5.41) is 0.852. The van der Waals surface area contributed by atoms with Crippen LogP contribution in [-0.2, 0) is 0 Å². The third-order valence-electron chi connectivity index (χ3n) is 3.92. The van der Waals surface area contributed by atoms with Crippen LogP contribution < -0.4 is 0 Å². The zero-order valence-electron chi connectivity index (χ0n) is 10.4. The molecule has 0 amide bonds. The lowest BCUT2D eigenvalue weighted by Gasteiger charge is -2.23. The molecule has 0 radical (unpaired) electrons. The Bertz CT molecular complexity index is 664. The Hall–Kier alpha value is -1.90. The molecule has 0 N–H and O–H groups in total. The topological polar surface area (TPSA) is 47.3 Å². The van der Waals surface area contributed by atoms with Crippen LogP contribution >= 0.6 is 0 Å². The number of rotatable bonds is 1. The van der Waals surface area contributed by atoms with Crippen LogP contribution in [0.15, 0.2) is 16.7 Å². The van der Waals surface area contributed by atoms with Crippen LogP contribution in [0.3, 0.4) is 0 Å². The molecule has 0 bridgehead atoms. The Kier molecular flexibility index (Phi) is 2.37. The quantitative estimate of drug-likeness (QED) is 0.717. The van der Waals surface area contributed by atoms with Gasteiger partial charge in [0.15, 0.2) is 12.1 Å². The maximum absolute atomic E-state index is 12.0. The van der Waals surface area contributed by atoms with Crippen molar-refractivity contribution in [3.8, 4) is 0 Å². The van der Waals surface area contributed by atoms with Crippen LogP contribution in [0, 0.1) is 6.92 Å². The molecule has 0 saturated carbocycles. The van der Waals surface area contributed by atoms with E-state index in [0.29, 0.717) is 23.5 Å². The van der Waals surface area contributed by atoms with Crippen molar-refractivity contribution < 1.29 is 14.0 Å². The molecular weight excluding hydrogens is 228 g/mol. The van der Waals surface area contributed by atoms with E-state index in [4.69, 9.17) is 4.42 Å². The van der Waals surface area contributed by atoms with Gasteiger partial charge >= 0.3 is 0 Å². The van der Waals surface area contributed by atoms with Crippen molar-refractivity contribution in [2.24, 2.45) is 0 Å². The van der Waals surface area contributed by atoms with Crippen LogP contribution in [0.1, 0.15) is 57.5 Å². The average molecular weight is 242 g/mol. The Balaban J connectivity index is 2.42. The predicted octanol–water partition coefficient (Wildman–Crippen LogP) is 3.63. The molecule has 0 spiro atoms. The molecular formula is C15H14O3. The first-order valence-corrected chi connectivity index (χ1v) is 6.16. The first kappa shape index (κ1) is 11.2. The van der Waals surface area contributed by atoms with Crippen LogP contribution in [-0.4, -0.2) is 12.1 Å². The third kappa shape index (κ3) is 1.37. The van der Waals surface area contributed by atoms with Crippen molar-refractivity contribution in [2.45, 2.75) is 32.6 Å². The fraction of sp³-hybridized carbons (Fsp3) is 0.333. The summed E-state index contributed by atoms with van der Waals surface area (Å²) in [5.74, 6) is 0.536. The van der Waals surface area contributed by atoms with Gasteiger partial charge in [0.25, 0.3) is 0 Å². The molecule has 1 atom stereocenters. The van der Waals surface area contributed by atoms with Crippen LogP contribution in [0.4, 0.5) is 0 Å². The fourth-order valence-electron chi connectivity index (χ4n) is 3.02. The minimum atomic E-state index is 0.178. The fourth-order valence-corrected chi connectivity index (χ4v) is 3.02. The van der Waals surface area contributed by atoms with Crippen LogP contribution in [0.2, 0.25) is 0 Å². The second-order valence-corrected chi connectivity index (χ2v) is 5.01. The van der Waals surface area contributed by atoms with Gasteiger partial charge in [-0.15, -0.1) is 0 Å². The lowest BCUT2D eigenvalue weighted by molar-refractivity contribution is 0.0967. The van der Waals surface area contributed by atoms with E-state index >= 15 is 0 Å². The van der Waals surface area contributed by atoms with E-state index < -0.39 is 0 Å². The van der Waals surface area contributed by atoms with Crippen molar-refractivity contribution in [1.82, 2.24) is 0 Å². The molecule has 1 aromatic carbocycles. The zero-order chi connectivity index (χ0) is 12.9. The number of carbonyl (C=O) groups is 2. The predicted molar refractivity (Wildman–Crippen MR) is 68.3 cm³/mol. The number of fused-ring (bicyclic) bond motifs is 2. The van der Waals surface area contributed by atoms with E-state index in [1.165, 1.54) is 6.26 Å². The smallest absolute Gasteiger partial charge is 0.163 e. The molecule has 0 saturated heterocycles. The van der Waals surface area contributed by atoms with Crippen molar-refractivity contribution in [3.05, 3.63) is 34.6 Å². The van der Waals surface area contributed by atoms with Gasteiger partial charge in [-0.05, 0) is 36.5 Å². The molecule has 1 aliphatic carbocycles. The number of hydrogen-bond donors (Lipinski definition) is 0. The second-order valence-electron chi connectivity index (χ2n) is 5.01. The standard InChI is InChI=1S/C15H14O3/c1-8-3-4-12(17)11-5-13-15(9(2)14(8)11)10(6-16)7-18-13/h5-8H,3-4H2,1-2H3/t8-/m0/s1. The minimum absolute atomic E-state index is 0.178. The zero-order valence-corrected chi connectivity index (χ0v) is 10.4. The van der Waals surface area contributed by atoms with Gasteiger partial charge in [0, 0.05) is 17.4 Å². The molecule has 2 aromatic rings. The van der Waals surface area contributed by atoms with Gasteiger partial charge in [0.2, 0.25) is 0 Å². The van der Waals surface area contributed by atoms with Gasteiger partial charge < -0.3 is 4.42 Å². The first-order chi connectivity index (χ1) is 8.63. The SMILES string of the molecule is Cc1c2c(cc3occ(C=O)c13)C(=O)CC[C@@H]2C. The highest BCUT2D eigenvalue weighted by Crippen LogP contribution is 2.38. The van der Waals surface area contributed by atoms with E-state index in [0.717, 1.165) is 34.8 Å². The highest BCUT2D eigenvalue weighted by Gasteiger charge is 2.27. The van der Waals surface area contributed by atoms with E-state index in [9.17, 15) is 9.59 Å². The molecule has 1 aliphatic rings. The highest BCUT2D eigenvalue weighted by atomic mass is 16.3. The number of Topliss-reactive ketones (excluding diaryl/α,β-unsaturated/α-hetero) is 1. The number of furan rings is 1. The normalized spacial score (nSPS) is 19.0. The molecule has 3 rings (SSSR count). The summed E-state index contributed by atoms with van der Waals surface area (Å²) in [7, 11) is 0. The molecule has 18 heavy (non-hydrogen) atoms. The van der Waals surface area contributed by atoms with Crippen molar-refractivity contribution in [2.75, 3.05) is 0 Å². The molecule has 3 nitrogen and oxygen atoms in total. The van der Waals surface area contributed by atoms with Gasteiger partial charge in [0.05, 0.1) is 5.56 Å². The van der Waals surface area contributed by atoms with Gasteiger partial charge in [-0.1, -0.05) is 6.92 Å². The number of carbonyl (C=O) groups excluding carboxylic acids is 2. The van der Waals surface area contributed by atoms with Gasteiger partial charge in [-0.3, -0.25) is 9.59 Å². The van der Waals surface area contributed by atoms with Crippen molar-refractivity contribution >= 4 is 23.0 Å². The second kappa shape index (κ2) is 3.80. The van der Waals surface area contributed by atoms with Gasteiger partial charge in [-0.2, -0.15) is 0 Å². The van der Waals surface area contributed by atoms with E-state index in [1.807, 2.05) is 6.92 Å². The molecule has 0 fully saturated rings. The highest BCUT2D eigenvalue weighted by molar-refractivity contribution is 6.06. The van der Waals surface area contributed by atoms with E-state index in [-0.39, 0.29) is 5.78 Å². The van der Waals surface area contributed by atoms with Crippen LogP contribution in [0.25, 0.3) is 11.0 Å². The monoisotopic (exact) mass is 242 g/mol. The minimum Gasteiger partial charge on any atom is -0.464 e. The lowest BCUT2D eigenvalue weighted by Crippen LogP contribution is -2.15. The summed E-state index contributed by atoms with van der Waals surface area (Å²) in [6, 6.07) is 1.79. The largest absolute Gasteiger partial charge is 0.464 e. The van der Waals surface area contributed by atoms with Gasteiger partial charge in [-0.25, -0.2) is 0 Å². The summed E-state index contributed by atoms with van der Waals surface area (Å²) >= 11 is 0. The summed E-state index contributed by atoms with van der Waals surface area (Å²) < 4.78 is 5.39. The molecule has 92 valence electrons. The third-order valence-corrected chi connectivity index (χ3v) is 3.92. The molecule has 1 heterocycles. The number of aldehydes is 1. The summed E-state index contributed by atoms with van der Waals surface area (Å²) in [6.07, 6.45) is 3.75. The van der Waals surface area contributed by atoms with Gasteiger partial charge in [0.1, 0.15) is 11.8 Å². The number of hydrogen-bond acceptors (Lipinski definition) is 3. The maximum atomic E-state index is 12.0. The summed E-state index contributed by atoms with van der Waals surface area (Å²) in [4.78, 5) is 23.0. The number of aryl methyl sites for hydroxylation is 1. The lowest BCUT2D eigenvalue weighted by atomic mass is 9.79. The summed E-state index contributed by atoms with van der Waals surface area (Å²) in [6.45, 7) is 4.10. The molecule has 0 aliphatic heterocycles. The first-order valence-electron chi connectivity index (χ1n) is 6.16. The number of benzene rings is 1. The van der Waals surface area contributed by atoms with E-state index in [2.05, 4.69) is 6.92 Å². The Morgan fingerprint density at radius 1 is 1.44 bits per heavy atom. The van der Waals surface area contributed by atoms with Crippen molar-refractivity contribution in [3.63, 3.8) is 0 Å². The molecule has 0 unspecified atom stereocenters. The van der Waals surface area contributed by atoms with Crippen molar-refractivity contribution in [1.29, 1.82) is 0 Å². The average Bonchev–Trinajstić information content (AvgIpc) is 2.77. The van der Waals surface area contributed by atoms with Crippen LogP contribution in [0.5, 0.6) is 0 Å². The molecule has 1 aromatic heterocycles. The Morgan fingerprint density at radius 3 is 2.94 bits per heavy atom.